The van der Waals surface area contributed by atoms with Crippen LogP contribution in [0.3, 0.4) is 0 Å². The maximum Gasteiger partial charge on any atom is 0.326 e. The lowest BCUT2D eigenvalue weighted by molar-refractivity contribution is -0.144. The minimum atomic E-state index is -1.12. The number of methoxy groups -OCH3 is 1. The Morgan fingerprint density at radius 1 is 1.25 bits per heavy atom. The molecule has 0 unspecified atom stereocenters. The largest absolute Gasteiger partial charge is 0.480 e. The van der Waals surface area contributed by atoms with Crippen LogP contribution in [0.1, 0.15) is 51.4 Å². The topological polar surface area (TPSA) is 92.7 Å². The molecule has 0 aromatic rings. The Labute approximate surface area is 118 Å². The van der Waals surface area contributed by atoms with Crippen LogP contribution in [0.25, 0.3) is 0 Å². The van der Waals surface area contributed by atoms with Gasteiger partial charge in [0.2, 0.25) is 5.91 Å². The molecule has 6 nitrogen and oxygen atoms in total. The van der Waals surface area contributed by atoms with Gasteiger partial charge in [0.05, 0.1) is 7.11 Å². The van der Waals surface area contributed by atoms with Gasteiger partial charge in [0.1, 0.15) is 6.04 Å². The Kier molecular flexibility index (Phi) is 7.04. The number of hydrogen-bond acceptors (Lipinski definition) is 4. The number of amides is 1. The third-order valence-corrected chi connectivity index (χ3v) is 3.75. The second-order valence-electron chi connectivity index (χ2n) is 5.26. The molecule has 0 aromatic heterocycles. The first-order valence-corrected chi connectivity index (χ1v) is 7.12. The molecule has 0 radical (unpaired) electrons. The highest BCUT2D eigenvalue weighted by atomic mass is 16.5. The van der Waals surface area contributed by atoms with Gasteiger partial charge in [-0.05, 0) is 18.8 Å². The standard InChI is InChI=1S/C14H23NO5/c1-20-13(17)9-7-11(14(18)19)15-12(16)8-6-10-4-2-3-5-10/h10-11H,2-9H2,1H3,(H,15,16)(H,18,19)/t11-/m0/s1. The van der Waals surface area contributed by atoms with Crippen LogP contribution in [0.2, 0.25) is 0 Å². The van der Waals surface area contributed by atoms with Crippen molar-refractivity contribution in [2.24, 2.45) is 5.92 Å². The van der Waals surface area contributed by atoms with E-state index in [0.717, 1.165) is 19.3 Å². The molecule has 1 saturated carbocycles. The van der Waals surface area contributed by atoms with Crippen LogP contribution in [0, 0.1) is 5.92 Å². The lowest BCUT2D eigenvalue weighted by Gasteiger charge is -2.15. The predicted octanol–water partition coefficient (Wildman–Crippen LogP) is 1.48. The van der Waals surface area contributed by atoms with Gasteiger partial charge >= 0.3 is 11.9 Å². The maximum atomic E-state index is 11.7. The van der Waals surface area contributed by atoms with Crippen molar-refractivity contribution in [2.75, 3.05) is 7.11 Å². The number of rotatable bonds is 8. The molecule has 1 atom stereocenters. The van der Waals surface area contributed by atoms with Gasteiger partial charge < -0.3 is 15.2 Å². The Bertz CT molecular complexity index is 349. The first-order chi connectivity index (χ1) is 9.52. The number of ether oxygens (including phenoxy) is 1. The summed E-state index contributed by atoms with van der Waals surface area (Å²) in [6, 6.07) is -1.02. The van der Waals surface area contributed by atoms with Crippen molar-refractivity contribution in [1.82, 2.24) is 5.32 Å². The Morgan fingerprint density at radius 3 is 2.45 bits per heavy atom. The van der Waals surface area contributed by atoms with E-state index in [1.54, 1.807) is 0 Å². The second-order valence-corrected chi connectivity index (χ2v) is 5.26. The summed E-state index contributed by atoms with van der Waals surface area (Å²) in [7, 11) is 1.25. The molecule has 1 fully saturated rings. The summed E-state index contributed by atoms with van der Waals surface area (Å²) in [6.45, 7) is 0. The minimum absolute atomic E-state index is 0.0175. The first-order valence-electron chi connectivity index (χ1n) is 7.12. The van der Waals surface area contributed by atoms with Crippen molar-refractivity contribution in [3.63, 3.8) is 0 Å². The molecule has 1 aliphatic rings. The molecule has 0 spiro atoms. The van der Waals surface area contributed by atoms with Gasteiger partial charge in [0, 0.05) is 12.8 Å². The highest BCUT2D eigenvalue weighted by Gasteiger charge is 2.22. The SMILES string of the molecule is COC(=O)CC[C@H](NC(=O)CCC1CCCC1)C(=O)O. The molecule has 0 aromatic carbocycles. The molecule has 1 aliphatic carbocycles. The van der Waals surface area contributed by atoms with Crippen LogP contribution >= 0.6 is 0 Å². The summed E-state index contributed by atoms with van der Waals surface area (Å²) < 4.78 is 4.46. The van der Waals surface area contributed by atoms with E-state index in [0.29, 0.717) is 12.3 Å². The zero-order chi connectivity index (χ0) is 15.0. The minimum Gasteiger partial charge on any atom is -0.480 e. The van der Waals surface area contributed by atoms with E-state index >= 15 is 0 Å². The zero-order valence-corrected chi connectivity index (χ0v) is 11.9. The molecule has 114 valence electrons. The highest BCUT2D eigenvalue weighted by Crippen LogP contribution is 2.28. The average Bonchev–Trinajstić information content (AvgIpc) is 2.93. The molecule has 1 rings (SSSR count). The van der Waals surface area contributed by atoms with Gasteiger partial charge in [-0.3, -0.25) is 9.59 Å². The van der Waals surface area contributed by atoms with Crippen LogP contribution < -0.4 is 5.32 Å². The number of esters is 1. The van der Waals surface area contributed by atoms with Crippen molar-refractivity contribution in [3.8, 4) is 0 Å². The monoisotopic (exact) mass is 285 g/mol. The summed E-state index contributed by atoms with van der Waals surface area (Å²) in [5.41, 5.74) is 0. The van der Waals surface area contributed by atoms with Crippen LogP contribution in [0.5, 0.6) is 0 Å². The highest BCUT2D eigenvalue weighted by molar-refractivity contribution is 5.84. The number of carboxylic acid groups (broad SMARTS) is 1. The fourth-order valence-electron chi connectivity index (χ4n) is 2.52. The van der Waals surface area contributed by atoms with E-state index in [2.05, 4.69) is 10.1 Å². The van der Waals surface area contributed by atoms with Crippen LogP contribution in [-0.4, -0.2) is 36.1 Å². The molecule has 0 heterocycles. The van der Waals surface area contributed by atoms with E-state index in [1.165, 1.54) is 20.0 Å². The van der Waals surface area contributed by atoms with Gasteiger partial charge in [0.25, 0.3) is 0 Å². The third kappa shape index (κ3) is 6.04. The summed E-state index contributed by atoms with van der Waals surface area (Å²) in [4.78, 5) is 33.8. The number of nitrogens with one attached hydrogen (secondary N) is 1. The lowest BCUT2D eigenvalue weighted by atomic mass is 10.0. The molecule has 20 heavy (non-hydrogen) atoms. The average molecular weight is 285 g/mol. The van der Waals surface area contributed by atoms with Crippen molar-refractivity contribution < 1.29 is 24.2 Å². The van der Waals surface area contributed by atoms with Crippen LogP contribution in [0.15, 0.2) is 0 Å². The van der Waals surface area contributed by atoms with Gasteiger partial charge in [-0.2, -0.15) is 0 Å². The molecule has 0 bridgehead atoms. The quantitative estimate of drug-likeness (QED) is 0.659. The van der Waals surface area contributed by atoms with Gasteiger partial charge in [-0.15, -0.1) is 0 Å². The fourth-order valence-corrected chi connectivity index (χ4v) is 2.52. The third-order valence-electron chi connectivity index (χ3n) is 3.75. The Hall–Kier alpha value is -1.59. The summed E-state index contributed by atoms with van der Waals surface area (Å²) >= 11 is 0. The van der Waals surface area contributed by atoms with Crippen LogP contribution in [0.4, 0.5) is 0 Å². The molecule has 1 amide bonds. The van der Waals surface area contributed by atoms with Gasteiger partial charge in [-0.1, -0.05) is 25.7 Å². The smallest absolute Gasteiger partial charge is 0.326 e. The predicted molar refractivity (Wildman–Crippen MR) is 72.0 cm³/mol. The summed E-state index contributed by atoms with van der Waals surface area (Å²) in [5, 5.41) is 11.5. The van der Waals surface area contributed by atoms with Crippen LogP contribution in [-0.2, 0) is 19.1 Å². The number of hydrogen-bond donors (Lipinski definition) is 2. The number of carboxylic acids is 1. The van der Waals surface area contributed by atoms with E-state index in [-0.39, 0.29) is 18.7 Å². The molecule has 6 heteroatoms. The first kappa shape index (κ1) is 16.5. The number of carbonyl (C=O) groups excluding carboxylic acids is 2. The molecule has 0 aliphatic heterocycles. The molecule has 0 saturated heterocycles. The lowest BCUT2D eigenvalue weighted by Crippen LogP contribution is -2.41. The number of aliphatic carboxylic acids is 1. The van der Waals surface area contributed by atoms with Gasteiger partial charge in [0.15, 0.2) is 0 Å². The zero-order valence-electron chi connectivity index (χ0n) is 11.9. The van der Waals surface area contributed by atoms with E-state index in [1.807, 2.05) is 0 Å². The summed E-state index contributed by atoms with van der Waals surface area (Å²) in [6.07, 6.45) is 5.98. The molecule has 2 N–H and O–H groups in total. The Balaban J connectivity index is 2.30. The summed E-state index contributed by atoms with van der Waals surface area (Å²) in [5.74, 6) is -1.26. The molecular formula is C14H23NO5. The van der Waals surface area contributed by atoms with Crippen molar-refractivity contribution >= 4 is 17.8 Å². The van der Waals surface area contributed by atoms with Crippen molar-refractivity contribution in [2.45, 2.75) is 57.4 Å². The Morgan fingerprint density at radius 2 is 1.90 bits per heavy atom. The second kappa shape index (κ2) is 8.55. The van der Waals surface area contributed by atoms with E-state index in [9.17, 15) is 14.4 Å². The van der Waals surface area contributed by atoms with Crippen molar-refractivity contribution in [1.29, 1.82) is 0 Å². The fraction of sp³-hybridized carbons (Fsp3) is 0.786. The van der Waals surface area contributed by atoms with E-state index in [4.69, 9.17) is 5.11 Å². The van der Waals surface area contributed by atoms with E-state index < -0.39 is 18.0 Å². The van der Waals surface area contributed by atoms with Gasteiger partial charge in [-0.25, -0.2) is 4.79 Å². The molecular weight excluding hydrogens is 262 g/mol. The normalized spacial score (nSPS) is 16.6. The number of carbonyl (C=O) groups is 3. The van der Waals surface area contributed by atoms with Crippen molar-refractivity contribution in [3.05, 3.63) is 0 Å². The maximum absolute atomic E-state index is 11.7.